The average Bonchev–Trinajstić information content (AvgIpc) is 2.45. The molecule has 2 rings (SSSR count). The monoisotopic (exact) mass is 258 g/mol. The molecule has 0 fully saturated rings. The number of pyridine rings is 2. The molecule has 19 heavy (non-hydrogen) atoms. The summed E-state index contributed by atoms with van der Waals surface area (Å²) < 4.78 is 0. The maximum atomic E-state index is 10.8. The van der Waals surface area contributed by atoms with Crippen LogP contribution in [-0.4, -0.2) is 21.4 Å². The number of nitrogens with zero attached hydrogens (tertiary/aromatic N) is 3. The Kier molecular flexibility index (Phi) is 4.02. The van der Waals surface area contributed by atoms with Crippen molar-refractivity contribution in [2.75, 3.05) is 11.9 Å². The SMILES string of the molecule is CCCNc1ncc([N+](=O)[O-])cc1-c1ccccn1. The van der Waals surface area contributed by atoms with E-state index >= 15 is 0 Å². The van der Waals surface area contributed by atoms with E-state index in [-0.39, 0.29) is 5.69 Å². The molecular formula is C13H14N4O2. The van der Waals surface area contributed by atoms with Crippen molar-refractivity contribution in [3.05, 3.63) is 46.8 Å². The normalized spacial score (nSPS) is 10.2. The summed E-state index contributed by atoms with van der Waals surface area (Å²) in [5.74, 6) is 0.617. The second-order valence-corrected chi connectivity index (χ2v) is 3.99. The quantitative estimate of drug-likeness (QED) is 0.658. The predicted molar refractivity (Wildman–Crippen MR) is 72.9 cm³/mol. The fourth-order valence-corrected chi connectivity index (χ4v) is 1.66. The van der Waals surface area contributed by atoms with Gasteiger partial charge < -0.3 is 5.32 Å². The Balaban J connectivity index is 2.47. The fraction of sp³-hybridized carbons (Fsp3) is 0.231. The van der Waals surface area contributed by atoms with Gasteiger partial charge in [0.05, 0.1) is 10.6 Å². The van der Waals surface area contributed by atoms with E-state index in [0.717, 1.165) is 13.0 Å². The van der Waals surface area contributed by atoms with Gasteiger partial charge in [0.2, 0.25) is 0 Å². The summed E-state index contributed by atoms with van der Waals surface area (Å²) in [6, 6.07) is 6.93. The zero-order valence-corrected chi connectivity index (χ0v) is 10.5. The first-order valence-corrected chi connectivity index (χ1v) is 6.02. The maximum absolute atomic E-state index is 10.8. The zero-order valence-electron chi connectivity index (χ0n) is 10.5. The lowest BCUT2D eigenvalue weighted by molar-refractivity contribution is -0.385. The average molecular weight is 258 g/mol. The Hall–Kier alpha value is -2.50. The summed E-state index contributed by atoms with van der Waals surface area (Å²) in [5.41, 5.74) is 1.27. The lowest BCUT2D eigenvalue weighted by Gasteiger charge is -2.09. The van der Waals surface area contributed by atoms with Crippen LogP contribution in [0.15, 0.2) is 36.7 Å². The first kappa shape index (κ1) is 12.9. The topological polar surface area (TPSA) is 81.0 Å². The van der Waals surface area contributed by atoms with Crippen molar-refractivity contribution < 1.29 is 4.92 Å². The molecule has 6 nitrogen and oxygen atoms in total. The molecule has 0 amide bonds. The van der Waals surface area contributed by atoms with E-state index < -0.39 is 4.92 Å². The van der Waals surface area contributed by atoms with Crippen molar-refractivity contribution >= 4 is 11.5 Å². The molecule has 0 aliphatic carbocycles. The second-order valence-electron chi connectivity index (χ2n) is 3.99. The van der Waals surface area contributed by atoms with Crippen molar-refractivity contribution in [2.45, 2.75) is 13.3 Å². The molecule has 6 heteroatoms. The number of anilines is 1. The number of hydrogen-bond acceptors (Lipinski definition) is 5. The maximum Gasteiger partial charge on any atom is 0.288 e. The van der Waals surface area contributed by atoms with Crippen molar-refractivity contribution in [3.8, 4) is 11.3 Å². The molecule has 0 bridgehead atoms. The lowest BCUT2D eigenvalue weighted by Crippen LogP contribution is -2.04. The Morgan fingerprint density at radius 2 is 2.21 bits per heavy atom. The molecule has 0 unspecified atom stereocenters. The van der Waals surface area contributed by atoms with Crippen LogP contribution in [-0.2, 0) is 0 Å². The van der Waals surface area contributed by atoms with Crippen molar-refractivity contribution in [3.63, 3.8) is 0 Å². The van der Waals surface area contributed by atoms with Crippen molar-refractivity contribution in [1.82, 2.24) is 9.97 Å². The third-order valence-electron chi connectivity index (χ3n) is 2.57. The smallest absolute Gasteiger partial charge is 0.288 e. The zero-order chi connectivity index (χ0) is 13.7. The van der Waals surface area contributed by atoms with Gasteiger partial charge in [-0.05, 0) is 18.6 Å². The molecule has 2 aromatic rings. The number of hydrogen-bond donors (Lipinski definition) is 1. The Bertz CT molecular complexity index is 572. The number of rotatable bonds is 5. The summed E-state index contributed by atoms with van der Waals surface area (Å²) in [5, 5.41) is 14.0. The Morgan fingerprint density at radius 3 is 2.84 bits per heavy atom. The van der Waals surface area contributed by atoms with Gasteiger partial charge in [0.15, 0.2) is 0 Å². The highest BCUT2D eigenvalue weighted by Crippen LogP contribution is 2.28. The van der Waals surface area contributed by atoms with E-state index in [2.05, 4.69) is 15.3 Å². The van der Waals surface area contributed by atoms with Gasteiger partial charge in [-0.2, -0.15) is 0 Å². The minimum absolute atomic E-state index is 0.0392. The number of nitrogens with one attached hydrogen (secondary N) is 1. The minimum Gasteiger partial charge on any atom is -0.370 e. The highest BCUT2D eigenvalue weighted by atomic mass is 16.6. The molecule has 0 aromatic carbocycles. The fourth-order valence-electron chi connectivity index (χ4n) is 1.66. The van der Waals surface area contributed by atoms with Crippen LogP contribution in [0.4, 0.5) is 11.5 Å². The van der Waals surface area contributed by atoms with Crippen LogP contribution in [0.25, 0.3) is 11.3 Å². The number of nitro groups is 1. The van der Waals surface area contributed by atoms with E-state index in [1.165, 1.54) is 12.3 Å². The Labute approximate surface area is 110 Å². The molecule has 98 valence electrons. The first-order valence-electron chi connectivity index (χ1n) is 6.02. The van der Waals surface area contributed by atoms with Gasteiger partial charge in [-0.15, -0.1) is 0 Å². The molecule has 2 heterocycles. The largest absolute Gasteiger partial charge is 0.370 e. The van der Waals surface area contributed by atoms with E-state index in [4.69, 9.17) is 0 Å². The third-order valence-corrected chi connectivity index (χ3v) is 2.57. The van der Waals surface area contributed by atoms with Gasteiger partial charge in [0.25, 0.3) is 5.69 Å². The van der Waals surface area contributed by atoms with Crippen LogP contribution < -0.4 is 5.32 Å². The Morgan fingerprint density at radius 1 is 1.37 bits per heavy atom. The van der Waals surface area contributed by atoms with Crippen LogP contribution in [0.3, 0.4) is 0 Å². The molecule has 0 aliphatic heterocycles. The molecule has 0 spiro atoms. The molecule has 0 saturated heterocycles. The summed E-state index contributed by atoms with van der Waals surface area (Å²) in [6.07, 6.45) is 3.85. The van der Waals surface area contributed by atoms with Gasteiger partial charge in [-0.25, -0.2) is 4.98 Å². The van der Waals surface area contributed by atoms with E-state index in [9.17, 15) is 10.1 Å². The summed E-state index contributed by atoms with van der Waals surface area (Å²) in [6.45, 7) is 2.80. The van der Waals surface area contributed by atoms with Crippen molar-refractivity contribution in [2.24, 2.45) is 0 Å². The van der Waals surface area contributed by atoms with Crippen LogP contribution in [0.5, 0.6) is 0 Å². The summed E-state index contributed by atoms with van der Waals surface area (Å²) >= 11 is 0. The summed E-state index contributed by atoms with van der Waals surface area (Å²) in [4.78, 5) is 18.7. The van der Waals surface area contributed by atoms with Crippen LogP contribution in [0.1, 0.15) is 13.3 Å². The third kappa shape index (κ3) is 3.04. The lowest BCUT2D eigenvalue weighted by atomic mass is 10.1. The molecule has 0 saturated carbocycles. The molecule has 2 aromatic heterocycles. The van der Waals surface area contributed by atoms with Gasteiger partial charge in [0.1, 0.15) is 12.0 Å². The van der Waals surface area contributed by atoms with Gasteiger partial charge in [0, 0.05) is 24.4 Å². The van der Waals surface area contributed by atoms with Gasteiger partial charge in [-0.1, -0.05) is 13.0 Å². The standard InChI is InChI=1S/C13H14N4O2/c1-2-6-15-13-11(12-5-3-4-7-14-12)8-10(9-16-13)17(18)19/h3-5,7-9H,2,6H2,1H3,(H,15,16). The summed E-state index contributed by atoms with van der Waals surface area (Å²) in [7, 11) is 0. The number of aromatic nitrogens is 2. The van der Waals surface area contributed by atoms with Gasteiger partial charge in [-0.3, -0.25) is 15.1 Å². The van der Waals surface area contributed by atoms with Gasteiger partial charge >= 0.3 is 0 Å². The molecule has 0 radical (unpaired) electrons. The predicted octanol–water partition coefficient (Wildman–Crippen LogP) is 2.87. The van der Waals surface area contributed by atoms with E-state index in [0.29, 0.717) is 17.1 Å². The van der Waals surface area contributed by atoms with Crippen LogP contribution >= 0.6 is 0 Å². The second kappa shape index (κ2) is 5.90. The molecule has 0 aliphatic rings. The van der Waals surface area contributed by atoms with E-state index in [1.807, 2.05) is 13.0 Å². The first-order chi connectivity index (χ1) is 9.22. The van der Waals surface area contributed by atoms with Crippen LogP contribution in [0.2, 0.25) is 0 Å². The van der Waals surface area contributed by atoms with Crippen LogP contribution in [0, 0.1) is 10.1 Å². The van der Waals surface area contributed by atoms with E-state index in [1.54, 1.807) is 18.3 Å². The highest BCUT2D eigenvalue weighted by molar-refractivity contribution is 5.74. The molecular weight excluding hydrogens is 244 g/mol. The minimum atomic E-state index is -0.455. The van der Waals surface area contributed by atoms with Crippen molar-refractivity contribution in [1.29, 1.82) is 0 Å². The molecule has 0 atom stereocenters. The highest BCUT2D eigenvalue weighted by Gasteiger charge is 2.14. The molecule has 1 N–H and O–H groups in total.